The number of hydrogen-bond donors (Lipinski definition) is 1. The van der Waals surface area contributed by atoms with Gasteiger partial charge in [-0.2, -0.15) is 0 Å². The lowest BCUT2D eigenvalue weighted by atomic mass is 10.1. The predicted octanol–water partition coefficient (Wildman–Crippen LogP) is 1.72. The minimum atomic E-state index is -0.341. The van der Waals surface area contributed by atoms with Gasteiger partial charge >= 0.3 is 5.97 Å². The molecule has 0 aliphatic heterocycles. The van der Waals surface area contributed by atoms with E-state index in [9.17, 15) is 4.79 Å². The summed E-state index contributed by atoms with van der Waals surface area (Å²) in [6, 6.07) is 5.16. The maximum atomic E-state index is 11.5. The highest BCUT2D eigenvalue weighted by Gasteiger charge is 2.10. The van der Waals surface area contributed by atoms with Gasteiger partial charge in [0.1, 0.15) is 5.75 Å². The molecule has 0 aliphatic rings. The zero-order chi connectivity index (χ0) is 12.0. The molecule has 0 heterocycles. The van der Waals surface area contributed by atoms with Crippen LogP contribution in [0.1, 0.15) is 29.8 Å². The van der Waals surface area contributed by atoms with Gasteiger partial charge in [0.2, 0.25) is 0 Å². The van der Waals surface area contributed by atoms with Crippen LogP contribution in [0.5, 0.6) is 5.75 Å². The topological polar surface area (TPSA) is 61.5 Å². The van der Waals surface area contributed by atoms with Crippen LogP contribution in [0.2, 0.25) is 0 Å². The highest BCUT2D eigenvalue weighted by molar-refractivity contribution is 5.90. The molecular weight excluding hydrogens is 206 g/mol. The highest BCUT2D eigenvalue weighted by atomic mass is 16.5. The van der Waals surface area contributed by atoms with Crippen molar-refractivity contribution in [1.29, 1.82) is 0 Å². The summed E-state index contributed by atoms with van der Waals surface area (Å²) in [6.45, 7) is 4.95. The van der Waals surface area contributed by atoms with Gasteiger partial charge in [-0.1, -0.05) is 6.07 Å². The first kappa shape index (κ1) is 12.5. The summed E-state index contributed by atoms with van der Waals surface area (Å²) in [5.74, 6) is 0.308. The third kappa shape index (κ3) is 2.97. The van der Waals surface area contributed by atoms with Gasteiger partial charge in [-0.3, -0.25) is 0 Å². The van der Waals surface area contributed by atoms with Crippen LogP contribution in [0, 0.1) is 0 Å². The second-order valence-corrected chi connectivity index (χ2v) is 3.18. The van der Waals surface area contributed by atoms with Crippen molar-refractivity contribution in [1.82, 2.24) is 0 Å². The Morgan fingerprint density at radius 3 is 2.62 bits per heavy atom. The van der Waals surface area contributed by atoms with E-state index in [1.165, 1.54) is 0 Å². The molecule has 4 heteroatoms. The SMILES string of the molecule is CCOC(=O)c1ccc(CN)c(OCC)c1. The van der Waals surface area contributed by atoms with E-state index in [2.05, 4.69) is 0 Å². The molecule has 0 bridgehead atoms. The van der Waals surface area contributed by atoms with Crippen LogP contribution >= 0.6 is 0 Å². The number of rotatable bonds is 5. The fourth-order valence-electron chi connectivity index (χ4n) is 1.35. The van der Waals surface area contributed by atoms with E-state index in [0.29, 0.717) is 31.1 Å². The molecular formula is C12H17NO3. The van der Waals surface area contributed by atoms with Crippen molar-refractivity contribution in [2.45, 2.75) is 20.4 Å². The molecule has 0 saturated heterocycles. The normalized spacial score (nSPS) is 9.94. The second-order valence-electron chi connectivity index (χ2n) is 3.18. The van der Waals surface area contributed by atoms with Gasteiger partial charge in [-0.05, 0) is 26.0 Å². The van der Waals surface area contributed by atoms with Crippen LogP contribution in [-0.4, -0.2) is 19.2 Å². The van der Waals surface area contributed by atoms with Gasteiger partial charge in [-0.25, -0.2) is 4.79 Å². The van der Waals surface area contributed by atoms with Gasteiger partial charge in [0.05, 0.1) is 18.8 Å². The van der Waals surface area contributed by atoms with Crippen LogP contribution in [0.15, 0.2) is 18.2 Å². The van der Waals surface area contributed by atoms with Gasteiger partial charge in [-0.15, -0.1) is 0 Å². The quantitative estimate of drug-likeness (QED) is 0.772. The van der Waals surface area contributed by atoms with Gasteiger partial charge in [0, 0.05) is 12.1 Å². The smallest absolute Gasteiger partial charge is 0.338 e. The number of esters is 1. The average molecular weight is 223 g/mol. The maximum absolute atomic E-state index is 11.5. The molecule has 0 spiro atoms. The molecule has 1 rings (SSSR count). The molecule has 1 aromatic rings. The minimum Gasteiger partial charge on any atom is -0.494 e. The van der Waals surface area contributed by atoms with Crippen LogP contribution in [0.25, 0.3) is 0 Å². The molecule has 0 atom stereocenters. The van der Waals surface area contributed by atoms with E-state index in [1.54, 1.807) is 25.1 Å². The van der Waals surface area contributed by atoms with Crippen molar-refractivity contribution < 1.29 is 14.3 Å². The Kier molecular flexibility index (Phi) is 4.79. The number of carbonyl (C=O) groups is 1. The van der Waals surface area contributed by atoms with Gasteiger partial charge in [0.15, 0.2) is 0 Å². The van der Waals surface area contributed by atoms with E-state index in [0.717, 1.165) is 5.56 Å². The Morgan fingerprint density at radius 1 is 1.31 bits per heavy atom. The summed E-state index contributed by atoms with van der Waals surface area (Å²) in [6.07, 6.45) is 0. The van der Waals surface area contributed by atoms with Crippen molar-refractivity contribution in [2.24, 2.45) is 5.73 Å². The van der Waals surface area contributed by atoms with Crippen LogP contribution in [-0.2, 0) is 11.3 Å². The molecule has 0 amide bonds. The first-order chi connectivity index (χ1) is 7.72. The minimum absolute atomic E-state index is 0.341. The zero-order valence-electron chi connectivity index (χ0n) is 9.66. The largest absolute Gasteiger partial charge is 0.494 e. The third-order valence-electron chi connectivity index (χ3n) is 2.10. The van der Waals surface area contributed by atoms with E-state index in [4.69, 9.17) is 15.2 Å². The van der Waals surface area contributed by atoms with Crippen LogP contribution in [0.3, 0.4) is 0 Å². The fraction of sp³-hybridized carbons (Fsp3) is 0.417. The lowest BCUT2D eigenvalue weighted by Crippen LogP contribution is -2.07. The number of benzene rings is 1. The molecule has 16 heavy (non-hydrogen) atoms. The van der Waals surface area contributed by atoms with Crippen LogP contribution < -0.4 is 10.5 Å². The molecule has 0 radical (unpaired) electrons. The summed E-state index contributed by atoms with van der Waals surface area (Å²) in [7, 11) is 0. The Balaban J connectivity index is 2.96. The number of nitrogens with two attached hydrogens (primary N) is 1. The second kappa shape index (κ2) is 6.12. The molecule has 1 aromatic carbocycles. The Hall–Kier alpha value is -1.55. The monoisotopic (exact) mass is 223 g/mol. The Bertz CT molecular complexity index is 363. The lowest BCUT2D eigenvalue weighted by Gasteiger charge is -2.10. The third-order valence-corrected chi connectivity index (χ3v) is 2.10. The van der Waals surface area contributed by atoms with E-state index < -0.39 is 0 Å². The standard InChI is InChI=1S/C12H17NO3/c1-3-15-11-7-9(12(14)16-4-2)5-6-10(11)8-13/h5-7H,3-4,8,13H2,1-2H3. The summed E-state index contributed by atoms with van der Waals surface area (Å²) in [5.41, 5.74) is 6.94. The molecule has 88 valence electrons. The summed E-state index contributed by atoms with van der Waals surface area (Å²) in [5, 5.41) is 0. The molecule has 0 aromatic heterocycles. The van der Waals surface area contributed by atoms with Gasteiger partial charge in [0.25, 0.3) is 0 Å². The lowest BCUT2D eigenvalue weighted by molar-refractivity contribution is 0.0526. The van der Waals surface area contributed by atoms with Crippen molar-refractivity contribution >= 4 is 5.97 Å². The molecule has 0 unspecified atom stereocenters. The molecule has 2 N–H and O–H groups in total. The van der Waals surface area contributed by atoms with Crippen molar-refractivity contribution in [2.75, 3.05) is 13.2 Å². The van der Waals surface area contributed by atoms with E-state index in [1.807, 2.05) is 6.92 Å². The number of hydrogen-bond acceptors (Lipinski definition) is 4. The number of carbonyl (C=O) groups excluding carboxylic acids is 1. The Morgan fingerprint density at radius 2 is 2.06 bits per heavy atom. The average Bonchev–Trinajstić information content (AvgIpc) is 2.29. The maximum Gasteiger partial charge on any atom is 0.338 e. The van der Waals surface area contributed by atoms with E-state index >= 15 is 0 Å². The first-order valence-electron chi connectivity index (χ1n) is 5.35. The van der Waals surface area contributed by atoms with Gasteiger partial charge < -0.3 is 15.2 Å². The van der Waals surface area contributed by atoms with E-state index in [-0.39, 0.29) is 5.97 Å². The predicted molar refractivity (Wildman–Crippen MR) is 61.5 cm³/mol. The summed E-state index contributed by atoms with van der Waals surface area (Å²) >= 11 is 0. The molecule has 0 fully saturated rings. The fourth-order valence-corrected chi connectivity index (χ4v) is 1.35. The zero-order valence-corrected chi connectivity index (χ0v) is 9.66. The molecule has 0 aliphatic carbocycles. The molecule has 0 saturated carbocycles. The van der Waals surface area contributed by atoms with Crippen molar-refractivity contribution in [3.05, 3.63) is 29.3 Å². The first-order valence-corrected chi connectivity index (χ1v) is 5.35. The number of ether oxygens (including phenoxy) is 2. The van der Waals surface area contributed by atoms with Crippen molar-refractivity contribution in [3.63, 3.8) is 0 Å². The van der Waals surface area contributed by atoms with Crippen molar-refractivity contribution in [3.8, 4) is 5.75 Å². The summed E-state index contributed by atoms with van der Waals surface area (Å²) < 4.78 is 10.3. The van der Waals surface area contributed by atoms with Crippen LogP contribution in [0.4, 0.5) is 0 Å². The summed E-state index contributed by atoms with van der Waals surface area (Å²) in [4.78, 5) is 11.5. The Labute approximate surface area is 95.3 Å². The molecule has 4 nitrogen and oxygen atoms in total. The highest BCUT2D eigenvalue weighted by Crippen LogP contribution is 2.20.